The maximum atomic E-state index is 11.7. The lowest BCUT2D eigenvalue weighted by molar-refractivity contribution is 0.418. The zero-order valence-electron chi connectivity index (χ0n) is 7.98. The molecule has 0 fully saturated rings. The topological polar surface area (TPSA) is 55.7 Å². The van der Waals surface area contributed by atoms with Crippen molar-refractivity contribution in [1.82, 2.24) is 15.2 Å². The summed E-state index contributed by atoms with van der Waals surface area (Å²) in [6, 6.07) is 0. The van der Waals surface area contributed by atoms with Crippen molar-refractivity contribution in [1.29, 1.82) is 0 Å². The van der Waals surface area contributed by atoms with Crippen LogP contribution in [0, 0.1) is 6.92 Å². The van der Waals surface area contributed by atoms with Gasteiger partial charge in [-0.25, -0.2) is 4.98 Å². The van der Waals surface area contributed by atoms with Crippen LogP contribution in [0.5, 0.6) is 0 Å². The molecular formula is C8H9F2N3OS. The quantitative estimate of drug-likeness (QED) is 0.790. The van der Waals surface area contributed by atoms with Crippen molar-refractivity contribution in [3.63, 3.8) is 0 Å². The molecule has 0 saturated heterocycles. The van der Waals surface area contributed by atoms with E-state index in [1.54, 1.807) is 6.92 Å². The molecule has 0 bridgehead atoms. The summed E-state index contributed by atoms with van der Waals surface area (Å²) in [6.07, 6.45) is 0.421. The van der Waals surface area contributed by atoms with Crippen LogP contribution in [0.2, 0.25) is 0 Å². The van der Waals surface area contributed by atoms with Crippen LogP contribution < -0.4 is 0 Å². The molecule has 0 radical (unpaired) electrons. The average Bonchev–Trinajstić information content (AvgIpc) is 2.17. The molecule has 15 heavy (non-hydrogen) atoms. The predicted octanol–water partition coefficient (Wildman–Crippen LogP) is 1.46. The normalized spacial score (nSPS) is 12.2. The summed E-state index contributed by atoms with van der Waals surface area (Å²) in [5, 5.41) is 7.23. The van der Waals surface area contributed by atoms with Crippen LogP contribution in [-0.4, -0.2) is 25.1 Å². The van der Waals surface area contributed by atoms with Gasteiger partial charge in [-0.2, -0.15) is 13.9 Å². The van der Waals surface area contributed by atoms with E-state index in [9.17, 15) is 13.0 Å². The lowest BCUT2D eigenvalue weighted by atomic mass is 10.5. The lowest BCUT2D eigenvalue weighted by Gasteiger charge is -1.97. The fraction of sp³-hybridized carbons (Fsp3) is 0.375. The Morgan fingerprint density at radius 2 is 2.33 bits per heavy atom. The highest BCUT2D eigenvalue weighted by Crippen LogP contribution is 2.03. The Balaban J connectivity index is 2.58. The standard InChI is InChI=1S/C8H9F2N3OS/c1-6-5-11-13-8(12-6)15(14)4-2-3-7(9)10/h3,5H,2,4H2,1H3. The third-order valence-electron chi connectivity index (χ3n) is 1.47. The number of halogens is 2. The minimum atomic E-state index is -1.77. The molecule has 1 aromatic heterocycles. The Morgan fingerprint density at radius 1 is 1.60 bits per heavy atom. The largest absolute Gasteiger partial charge is 0.266 e. The summed E-state index contributed by atoms with van der Waals surface area (Å²) in [6.45, 7) is 1.69. The van der Waals surface area contributed by atoms with E-state index in [1.165, 1.54) is 6.20 Å². The molecule has 0 saturated carbocycles. The SMILES string of the molecule is Cc1cnnc(S(=O)CCC=C(F)F)n1. The third-order valence-corrected chi connectivity index (χ3v) is 2.65. The van der Waals surface area contributed by atoms with E-state index in [2.05, 4.69) is 15.2 Å². The molecule has 0 aliphatic carbocycles. The van der Waals surface area contributed by atoms with Crippen molar-refractivity contribution >= 4 is 10.8 Å². The smallest absolute Gasteiger partial charge is 0.251 e. The molecule has 0 aliphatic heterocycles. The summed E-state index contributed by atoms with van der Waals surface area (Å²) < 4.78 is 34.8. The van der Waals surface area contributed by atoms with Crippen LogP contribution in [-0.2, 0) is 10.8 Å². The molecule has 0 aliphatic rings. The van der Waals surface area contributed by atoms with Crippen LogP contribution >= 0.6 is 0 Å². The zero-order chi connectivity index (χ0) is 11.3. The molecule has 82 valence electrons. The molecule has 1 unspecified atom stereocenters. The summed E-state index contributed by atoms with van der Waals surface area (Å²) in [5.41, 5.74) is 0.598. The fourth-order valence-electron chi connectivity index (χ4n) is 0.827. The van der Waals surface area contributed by atoms with Gasteiger partial charge in [0.25, 0.3) is 6.08 Å². The highest BCUT2D eigenvalue weighted by molar-refractivity contribution is 7.84. The van der Waals surface area contributed by atoms with E-state index >= 15 is 0 Å². The first-order valence-corrected chi connectivity index (χ1v) is 5.47. The van der Waals surface area contributed by atoms with Crippen molar-refractivity contribution < 1.29 is 13.0 Å². The summed E-state index contributed by atoms with van der Waals surface area (Å²) in [7, 11) is -1.47. The molecule has 0 aromatic carbocycles. The highest BCUT2D eigenvalue weighted by atomic mass is 32.2. The molecule has 7 heteroatoms. The van der Waals surface area contributed by atoms with E-state index in [4.69, 9.17) is 0 Å². The maximum Gasteiger partial charge on any atom is 0.266 e. The summed E-state index contributed by atoms with van der Waals surface area (Å²) in [4.78, 5) is 3.89. The molecule has 1 atom stereocenters. The molecule has 0 spiro atoms. The Hall–Kier alpha value is -1.24. The molecule has 1 rings (SSSR count). The number of aromatic nitrogens is 3. The number of hydrogen-bond donors (Lipinski definition) is 0. The zero-order valence-corrected chi connectivity index (χ0v) is 8.80. The Morgan fingerprint density at radius 3 is 2.93 bits per heavy atom. The van der Waals surface area contributed by atoms with Gasteiger partial charge in [-0.3, -0.25) is 4.21 Å². The Kier molecular flexibility index (Phi) is 4.41. The molecule has 4 nitrogen and oxygen atoms in total. The van der Waals surface area contributed by atoms with E-state index in [0.29, 0.717) is 5.69 Å². The van der Waals surface area contributed by atoms with Gasteiger partial charge in [0, 0.05) is 5.75 Å². The summed E-state index contributed by atoms with van der Waals surface area (Å²) in [5.74, 6) is 0.0719. The molecule has 1 aromatic rings. The van der Waals surface area contributed by atoms with Crippen LogP contribution in [0.15, 0.2) is 23.5 Å². The van der Waals surface area contributed by atoms with Crippen molar-refractivity contribution in [3.05, 3.63) is 24.0 Å². The lowest BCUT2D eigenvalue weighted by Crippen LogP contribution is -2.05. The average molecular weight is 233 g/mol. The molecule has 0 amide bonds. The van der Waals surface area contributed by atoms with E-state index in [-0.39, 0.29) is 17.3 Å². The number of aryl methyl sites for hydroxylation is 1. The van der Waals surface area contributed by atoms with Crippen LogP contribution in [0.3, 0.4) is 0 Å². The van der Waals surface area contributed by atoms with Gasteiger partial charge in [-0.1, -0.05) is 0 Å². The van der Waals surface area contributed by atoms with Gasteiger partial charge in [0.05, 0.1) is 22.7 Å². The van der Waals surface area contributed by atoms with Crippen molar-refractivity contribution in [2.75, 3.05) is 5.75 Å². The van der Waals surface area contributed by atoms with Gasteiger partial charge in [-0.15, -0.1) is 5.10 Å². The maximum absolute atomic E-state index is 11.7. The second kappa shape index (κ2) is 5.59. The second-order valence-electron chi connectivity index (χ2n) is 2.71. The highest BCUT2D eigenvalue weighted by Gasteiger charge is 2.07. The van der Waals surface area contributed by atoms with Crippen LogP contribution in [0.1, 0.15) is 12.1 Å². The molecule has 0 N–H and O–H groups in total. The number of nitrogens with zero attached hydrogens (tertiary/aromatic N) is 3. The van der Waals surface area contributed by atoms with E-state index < -0.39 is 16.9 Å². The van der Waals surface area contributed by atoms with Crippen molar-refractivity contribution in [2.24, 2.45) is 0 Å². The minimum absolute atomic E-state index is 0.0340. The predicted molar refractivity (Wildman–Crippen MR) is 50.8 cm³/mol. The second-order valence-corrected chi connectivity index (χ2v) is 4.18. The molecular weight excluding hydrogens is 224 g/mol. The van der Waals surface area contributed by atoms with E-state index in [0.717, 1.165) is 6.08 Å². The number of allylic oxidation sites excluding steroid dienone is 1. The van der Waals surface area contributed by atoms with E-state index in [1.807, 2.05) is 0 Å². The first-order valence-electron chi connectivity index (χ1n) is 4.15. The fourth-order valence-corrected chi connectivity index (χ4v) is 1.73. The third kappa shape index (κ3) is 4.20. The van der Waals surface area contributed by atoms with Gasteiger partial charge >= 0.3 is 0 Å². The Bertz CT molecular complexity index is 393. The van der Waals surface area contributed by atoms with Gasteiger partial charge in [0.2, 0.25) is 5.16 Å². The first-order chi connectivity index (χ1) is 7.09. The van der Waals surface area contributed by atoms with Gasteiger partial charge < -0.3 is 0 Å². The number of rotatable bonds is 4. The van der Waals surface area contributed by atoms with Gasteiger partial charge in [0.15, 0.2) is 0 Å². The Labute approximate surface area is 87.9 Å². The number of hydrogen-bond acceptors (Lipinski definition) is 4. The van der Waals surface area contributed by atoms with Gasteiger partial charge in [-0.05, 0) is 19.4 Å². The van der Waals surface area contributed by atoms with Gasteiger partial charge in [0.1, 0.15) is 0 Å². The van der Waals surface area contributed by atoms with Crippen LogP contribution in [0.25, 0.3) is 0 Å². The van der Waals surface area contributed by atoms with Crippen molar-refractivity contribution in [3.8, 4) is 0 Å². The monoisotopic (exact) mass is 233 g/mol. The first kappa shape index (κ1) is 11.8. The summed E-state index contributed by atoms with van der Waals surface area (Å²) >= 11 is 0. The van der Waals surface area contributed by atoms with Crippen LogP contribution in [0.4, 0.5) is 8.78 Å². The van der Waals surface area contributed by atoms with Crippen molar-refractivity contribution in [2.45, 2.75) is 18.5 Å². The molecule has 1 heterocycles. The minimum Gasteiger partial charge on any atom is -0.251 e.